The van der Waals surface area contributed by atoms with Crippen molar-refractivity contribution in [2.45, 2.75) is 57.2 Å². The van der Waals surface area contributed by atoms with Crippen LogP contribution in [0, 0.1) is 17.2 Å². The number of H-pyrrole nitrogens is 1. The predicted octanol–water partition coefficient (Wildman–Crippen LogP) is 4.57. The number of aromatic nitrogens is 3. The second-order valence-electron chi connectivity index (χ2n) is 9.72. The number of hydrogen-bond donors (Lipinski definition) is 2. The molecule has 2 aromatic heterocycles. The zero-order valence-electron chi connectivity index (χ0n) is 19.5. The Bertz CT molecular complexity index is 1380. The first-order valence-electron chi connectivity index (χ1n) is 12.4. The van der Waals surface area contributed by atoms with Gasteiger partial charge in [0, 0.05) is 30.0 Å². The topological polar surface area (TPSA) is 107 Å². The number of nitriles is 1. The van der Waals surface area contributed by atoms with Gasteiger partial charge in [-0.15, -0.1) is 0 Å². The highest BCUT2D eigenvalue weighted by molar-refractivity contribution is 7.99. The van der Waals surface area contributed by atoms with Crippen molar-refractivity contribution in [3.05, 3.63) is 51.9 Å². The van der Waals surface area contributed by atoms with Gasteiger partial charge in [-0.1, -0.05) is 12.8 Å². The van der Waals surface area contributed by atoms with Crippen molar-refractivity contribution in [1.82, 2.24) is 19.7 Å². The highest BCUT2D eigenvalue weighted by Gasteiger charge is 2.34. The molecule has 1 amide bonds. The monoisotopic (exact) mass is 488 g/mol. The lowest BCUT2D eigenvalue weighted by Gasteiger charge is -2.30. The molecule has 4 heterocycles. The van der Waals surface area contributed by atoms with Crippen molar-refractivity contribution in [3.8, 4) is 6.07 Å². The van der Waals surface area contributed by atoms with E-state index in [-0.39, 0.29) is 23.4 Å². The number of pyridine rings is 1. The number of carbonyl (C=O) groups excluding carboxylic acids is 1. The number of fused-ring (bicyclic) bond motifs is 2. The molecule has 0 bridgehead atoms. The van der Waals surface area contributed by atoms with Crippen molar-refractivity contribution >= 4 is 40.1 Å². The molecule has 0 radical (unpaired) electrons. The summed E-state index contributed by atoms with van der Waals surface area (Å²) < 4.78 is 1.87. The van der Waals surface area contributed by atoms with Crippen LogP contribution in [0.1, 0.15) is 60.5 Å². The molecule has 3 aliphatic rings. The van der Waals surface area contributed by atoms with Gasteiger partial charge in [0.2, 0.25) is 0 Å². The number of nitrogens with zero attached hydrogens (tertiary/aromatic N) is 4. The molecule has 1 aromatic carbocycles. The number of thioether (sulfide) groups is 1. The van der Waals surface area contributed by atoms with Gasteiger partial charge in [0.05, 0.1) is 23.5 Å². The van der Waals surface area contributed by atoms with E-state index in [0.717, 1.165) is 72.4 Å². The van der Waals surface area contributed by atoms with E-state index in [1.807, 2.05) is 45.6 Å². The third-order valence-electron chi connectivity index (χ3n) is 7.67. The summed E-state index contributed by atoms with van der Waals surface area (Å²) in [4.78, 5) is 30.6. The molecule has 1 aliphatic carbocycles. The molecule has 3 aromatic rings. The molecule has 0 spiro atoms. The minimum Gasteiger partial charge on any atom is -0.338 e. The van der Waals surface area contributed by atoms with Crippen molar-refractivity contribution in [1.29, 1.82) is 5.26 Å². The number of rotatable bonds is 4. The van der Waals surface area contributed by atoms with Crippen LogP contribution in [0.5, 0.6) is 0 Å². The lowest BCUT2D eigenvalue weighted by atomic mass is 9.85. The van der Waals surface area contributed by atoms with Crippen molar-refractivity contribution in [2.75, 3.05) is 16.8 Å². The molecule has 180 valence electrons. The largest absolute Gasteiger partial charge is 0.338 e. The molecule has 2 N–H and O–H groups in total. The van der Waals surface area contributed by atoms with Crippen LogP contribution in [0.4, 0.5) is 11.5 Å². The van der Waals surface area contributed by atoms with Crippen LogP contribution >= 0.6 is 11.8 Å². The first-order valence-corrected chi connectivity index (χ1v) is 13.6. The van der Waals surface area contributed by atoms with Crippen LogP contribution < -0.4 is 10.9 Å². The van der Waals surface area contributed by atoms with E-state index in [9.17, 15) is 14.9 Å². The molecule has 2 aliphatic heterocycles. The van der Waals surface area contributed by atoms with Gasteiger partial charge in [-0.05, 0) is 67.0 Å². The zero-order chi connectivity index (χ0) is 23.9. The van der Waals surface area contributed by atoms with Gasteiger partial charge >= 0.3 is 0 Å². The normalized spacial score (nSPS) is 22.8. The Hall–Kier alpha value is -3.25. The summed E-state index contributed by atoms with van der Waals surface area (Å²) in [5.41, 5.74) is 3.10. The number of carbonyl (C=O) groups is 1. The highest BCUT2D eigenvalue weighted by Crippen LogP contribution is 2.37. The molecule has 1 saturated heterocycles. The summed E-state index contributed by atoms with van der Waals surface area (Å²) in [5.74, 6) is 2.70. The minimum atomic E-state index is -0.210. The zero-order valence-corrected chi connectivity index (χ0v) is 20.3. The van der Waals surface area contributed by atoms with Gasteiger partial charge in [0.1, 0.15) is 5.39 Å². The summed E-state index contributed by atoms with van der Waals surface area (Å²) in [5, 5.41) is 18.4. The number of amides is 1. The smallest absolute Gasteiger partial charge is 0.261 e. The first kappa shape index (κ1) is 22.2. The second-order valence-corrected chi connectivity index (χ2v) is 10.9. The van der Waals surface area contributed by atoms with E-state index in [4.69, 9.17) is 5.10 Å². The average Bonchev–Trinajstić information content (AvgIpc) is 3.42. The Morgan fingerprint density at radius 3 is 2.77 bits per heavy atom. The molecule has 2 atom stereocenters. The summed E-state index contributed by atoms with van der Waals surface area (Å²) in [6, 6.07) is 10.4. The fourth-order valence-electron chi connectivity index (χ4n) is 5.84. The van der Waals surface area contributed by atoms with Gasteiger partial charge < -0.3 is 15.2 Å². The average molecular weight is 489 g/mol. The molecule has 35 heavy (non-hydrogen) atoms. The third kappa shape index (κ3) is 3.90. The molecule has 6 rings (SSSR count). The summed E-state index contributed by atoms with van der Waals surface area (Å²) in [6.45, 7) is 0.626. The Morgan fingerprint density at radius 1 is 1.11 bits per heavy atom. The molecular formula is C26H28N6O2S. The first-order chi connectivity index (χ1) is 17.1. The summed E-state index contributed by atoms with van der Waals surface area (Å²) in [6.07, 6.45) is 7.55. The molecule has 0 unspecified atom stereocenters. The maximum Gasteiger partial charge on any atom is 0.261 e. The predicted molar refractivity (Wildman–Crippen MR) is 137 cm³/mol. The van der Waals surface area contributed by atoms with E-state index in [0.29, 0.717) is 23.8 Å². The molecule has 2 fully saturated rings. The Kier molecular flexibility index (Phi) is 5.77. The maximum absolute atomic E-state index is 13.0. The molecule has 9 heteroatoms. The van der Waals surface area contributed by atoms with Crippen molar-refractivity contribution < 1.29 is 4.79 Å². The van der Waals surface area contributed by atoms with E-state index in [2.05, 4.69) is 16.4 Å². The number of aromatic amines is 1. The van der Waals surface area contributed by atoms with Crippen LogP contribution in [-0.2, 0) is 6.54 Å². The Labute approximate surface area is 207 Å². The van der Waals surface area contributed by atoms with Gasteiger partial charge in [-0.3, -0.25) is 14.3 Å². The fraction of sp³-hybridized carbons (Fsp3) is 0.462. The minimum absolute atomic E-state index is 0.0477. The van der Waals surface area contributed by atoms with Crippen LogP contribution in [0.3, 0.4) is 0 Å². The number of anilines is 2. The highest BCUT2D eigenvalue weighted by atomic mass is 32.2. The van der Waals surface area contributed by atoms with Crippen LogP contribution in [0.2, 0.25) is 0 Å². The van der Waals surface area contributed by atoms with E-state index < -0.39 is 0 Å². The lowest BCUT2D eigenvalue weighted by Crippen LogP contribution is -2.37. The third-order valence-corrected chi connectivity index (χ3v) is 8.72. The SMILES string of the molecule is N#C[C@H]1CCCC[C@@H]1n1nc(Nc2ccc3c(c2)CN(C2CCSCC2)C3=O)c2c(=O)[nH]ccc21. The second kappa shape index (κ2) is 9.08. The molecule has 8 nitrogen and oxygen atoms in total. The van der Waals surface area contributed by atoms with Gasteiger partial charge in [0.15, 0.2) is 5.82 Å². The number of hydrogen-bond acceptors (Lipinski definition) is 6. The van der Waals surface area contributed by atoms with E-state index >= 15 is 0 Å². The Balaban J connectivity index is 1.33. The fourth-order valence-corrected chi connectivity index (χ4v) is 6.93. The van der Waals surface area contributed by atoms with E-state index in [1.54, 1.807) is 6.20 Å². The summed E-state index contributed by atoms with van der Waals surface area (Å²) in [7, 11) is 0. The van der Waals surface area contributed by atoms with E-state index in [1.165, 1.54) is 0 Å². The summed E-state index contributed by atoms with van der Waals surface area (Å²) >= 11 is 1.96. The quantitative estimate of drug-likeness (QED) is 0.557. The standard InChI is InChI=1S/C26H28N6O2S/c27-14-16-3-1-2-4-21(16)32-22-7-10-28-25(33)23(22)24(30-32)29-18-5-6-20-17(13-18)15-31(26(20)34)19-8-11-35-12-9-19/h5-7,10,13,16,19,21H,1-4,8-9,11-12,15H2,(H,28,33)(H,29,30)/t16-,21+/m1/s1. The number of benzene rings is 1. The van der Waals surface area contributed by atoms with Crippen LogP contribution in [0.15, 0.2) is 35.3 Å². The van der Waals surface area contributed by atoms with Crippen molar-refractivity contribution in [2.24, 2.45) is 5.92 Å². The van der Waals surface area contributed by atoms with Crippen LogP contribution in [-0.4, -0.2) is 43.1 Å². The Morgan fingerprint density at radius 2 is 1.94 bits per heavy atom. The number of nitrogens with one attached hydrogen (secondary N) is 2. The van der Waals surface area contributed by atoms with Crippen molar-refractivity contribution in [3.63, 3.8) is 0 Å². The maximum atomic E-state index is 13.0. The lowest BCUT2D eigenvalue weighted by molar-refractivity contribution is 0.0693. The van der Waals surface area contributed by atoms with Gasteiger partial charge in [-0.25, -0.2) is 0 Å². The van der Waals surface area contributed by atoms with Crippen LogP contribution in [0.25, 0.3) is 10.9 Å². The van der Waals surface area contributed by atoms with Gasteiger partial charge in [0.25, 0.3) is 11.5 Å². The molecular weight excluding hydrogens is 460 g/mol. The van der Waals surface area contributed by atoms with Gasteiger partial charge in [-0.2, -0.15) is 22.1 Å². The molecule has 1 saturated carbocycles.